The molecule has 1 unspecified atom stereocenters. The molecule has 6 nitrogen and oxygen atoms in total. The number of aromatic nitrogens is 2. The van der Waals surface area contributed by atoms with Crippen molar-refractivity contribution in [3.8, 4) is 0 Å². The number of carboxylic acids is 1. The summed E-state index contributed by atoms with van der Waals surface area (Å²) in [5, 5.41) is 24.6. The third kappa shape index (κ3) is 2.85. The smallest absolute Gasteiger partial charge is 0.325 e. The third-order valence-corrected chi connectivity index (χ3v) is 4.70. The van der Waals surface area contributed by atoms with E-state index < -0.39 is 12.0 Å². The van der Waals surface area contributed by atoms with Gasteiger partial charge in [0.2, 0.25) is 0 Å². The lowest BCUT2D eigenvalue weighted by Gasteiger charge is -2.32. The quantitative estimate of drug-likeness (QED) is 0.865. The highest BCUT2D eigenvalue weighted by Crippen LogP contribution is 2.34. The van der Waals surface area contributed by atoms with E-state index in [0.29, 0.717) is 13.1 Å². The van der Waals surface area contributed by atoms with E-state index in [-0.39, 0.29) is 6.61 Å². The van der Waals surface area contributed by atoms with Gasteiger partial charge < -0.3 is 10.2 Å². The molecule has 1 aliphatic rings. The van der Waals surface area contributed by atoms with Crippen molar-refractivity contribution < 1.29 is 15.0 Å². The first-order valence-corrected chi connectivity index (χ1v) is 7.72. The van der Waals surface area contributed by atoms with Crippen molar-refractivity contribution in [2.75, 3.05) is 13.2 Å². The van der Waals surface area contributed by atoms with Gasteiger partial charge in [0.25, 0.3) is 0 Å². The second-order valence-corrected chi connectivity index (χ2v) is 6.10. The Balaban J connectivity index is 1.79. The van der Waals surface area contributed by atoms with Gasteiger partial charge in [0.15, 0.2) is 0 Å². The number of thiophene rings is 1. The SMILES string of the molecule is O=C(O)C1c2ccsc2CCN1Cc1cnn(CCO)c1. The number of aliphatic carboxylic acids is 1. The average molecular weight is 307 g/mol. The predicted octanol–water partition coefficient (Wildman–Crippen LogP) is 1.12. The number of aliphatic hydroxyl groups is 1. The van der Waals surface area contributed by atoms with Gasteiger partial charge in [-0.05, 0) is 23.4 Å². The molecule has 21 heavy (non-hydrogen) atoms. The lowest BCUT2D eigenvalue weighted by atomic mass is 9.99. The highest BCUT2D eigenvalue weighted by atomic mass is 32.1. The van der Waals surface area contributed by atoms with E-state index in [1.807, 2.05) is 22.5 Å². The first-order chi connectivity index (χ1) is 10.2. The molecular formula is C14H17N3O3S. The summed E-state index contributed by atoms with van der Waals surface area (Å²) < 4.78 is 1.67. The first kappa shape index (κ1) is 14.2. The molecule has 0 radical (unpaired) electrons. The highest BCUT2D eigenvalue weighted by molar-refractivity contribution is 7.10. The Morgan fingerprint density at radius 1 is 1.52 bits per heavy atom. The Morgan fingerprint density at radius 3 is 3.14 bits per heavy atom. The van der Waals surface area contributed by atoms with E-state index in [4.69, 9.17) is 5.11 Å². The lowest BCUT2D eigenvalue weighted by Crippen LogP contribution is -2.38. The Labute approximate surface area is 126 Å². The third-order valence-electron chi connectivity index (χ3n) is 3.70. The summed E-state index contributed by atoms with van der Waals surface area (Å²) in [4.78, 5) is 14.8. The summed E-state index contributed by atoms with van der Waals surface area (Å²) in [6.45, 7) is 1.78. The highest BCUT2D eigenvalue weighted by Gasteiger charge is 2.33. The van der Waals surface area contributed by atoms with Crippen molar-refractivity contribution >= 4 is 17.3 Å². The van der Waals surface area contributed by atoms with E-state index in [2.05, 4.69) is 5.10 Å². The second-order valence-electron chi connectivity index (χ2n) is 5.10. The predicted molar refractivity (Wildman–Crippen MR) is 78.1 cm³/mol. The molecule has 0 saturated carbocycles. The van der Waals surface area contributed by atoms with Gasteiger partial charge in [-0.1, -0.05) is 0 Å². The molecule has 2 aromatic rings. The minimum absolute atomic E-state index is 0.0425. The van der Waals surface area contributed by atoms with Crippen molar-refractivity contribution in [1.82, 2.24) is 14.7 Å². The first-order valence-electron chi connectivity index (χ1n) is 6.84. The largest absolute Gasteiger partial charge is 0.480 e. The molecule has 0 aromatic carbocycles. The molecule has 1 aliphatic heterocycles. The number of hydrogen-bond acceptors (Lipinski definition) is 5. The van der Waals surface area contributed by atoms with E-state index in [9.17, 15) is 9.90 Å². The summed E-state index contributed by atoms with van der Waals surface area (Å²) in [5.41, 5.74) is 1.88. The van der Waals surface area contributed by atoms with Crippen LogP contribution >= 0.6 is 11.3 Å². The van der Waals surface area contributed by atoms with Crippen LogP contribution in [0.25, 0.3) is 0 Å². The van der Waals surface area contributed by atoms with Gasteiger partial charge in [0.05, 0.1) is 19.3 Å². The van der Waals surface area contributed by atoms with Crippen LogP contribution in [0.1, 0.15) is 22.0 Å². The fourth-order valence-corrected chi connectivity index (χ4v) is 3.68. The molecule has 3 heterocycles. The van der Waals surface area contributed by atoms with Crippen LogP contribution < -0.4 is 0 Å². The number of nitrogens with zero attached hydrogens (tertiary/aromatic N) is 3. The zero-order valence-electron chi connectivity index (χ0n) is 11.5. The van der Waals surface area contributed by atoms with Crippen molar-refractivity contribution in [2.24, 2.45) is 0 Å². The van der Waals surface area contributed by atoms with Crippen molar-refractivity contribution in [3.05, 3.63) is 39.8 Å². The van der Waals surface area contributed by atoms with Crippen molar-refractivity contribution in [3.63, 3.8) is 0 Å². The molecule has 2 N–H and O–H groups in total. The molecule has 1 atom stereocenters. The standard InChI is InChI=1S/C14H17N3O3S/c18-5-4-17-9-10(7-15-17)8-16-3-1-12-11(2-6-21-12)13(16)14(19)20/h2,6-7,9,13,18H,1,3-5,8H2,(H,19,20). The number of carboxylic acid groups (broad SMARTS) is 1. The molecule has 0 amide bonds. The number of rotatable bonds is 5. The minimum atomic E-state index is -0.808. The number of aliphatic hydroxyl groups excluding tert-OH is 1. The summed E-state index contributed by atoms with van der Waals surface area (Å²) in [5.74, 6) is -0.808. The fraction of sp³-hybridized carbons (Fsp3) is 0.429. The second kappa shape index (κ2) is 5.97. The summed E-state index contributed by atoms with van der Waals surface area (Å²) in [6.07, 6.45) is 4.48. The molecule has 2 aromatic heterocycles. The van der Waals surface area contributed by atoms with Crippen LogP contribution in [0.3, 0.4) is 0 Å². The maximum absolute atomic E-state index is 11.6. The van der Waals surface area contributed by atoms with Gasteiger partial charge in [-0.25, -0.2) is 0 Å². The topological polar surface area (TPSA) is 78.6 Å². The van der Waals surface area contributed by atoms with Crippen LogP contribution in [0.4, 0.5) is 0 Å². The molecule has 0 bridgehead atoms. The zero-order chi connectivity index (χ0) is 14.8. The maximum Gasteiger partial charge on any atom is 0.325 e. The Hall–Kier alpha value is -1.70. The van der Waals surface area contributed by atoms with Crippen molar-refractivity contribution in [1.29, 1.82) is 0 Å². The zero-order valence-corrected chi connectivity index (χ0v) is 12.3. The van der Waals surface area contributed by atoms with Crippen LogP contribution in [0.2, 0.25) is 0 Å². The Morgan fingerprint density at radius 2 is 2.38 bits per heavy atom. The fourth-order valence-electron chi connectivity index (χ4n) is 2.78. The summed E-state index contributed by atoms with van der Waals surface area (Å²) >= 11 is 1.63. The van der Waals surface area contributed by atoms with Crippen LogP contribution in [0.15, 0.2) is 23.8 Å². The lowest BCUT2D eigenvalue weighted by molar-refractivity contribution is -0.144. The Bertz CT molecular complexity index is 637. The maximum atomic E-state index is 11.6. The minimum Gasteiger partial charge on any atom is -0.480 e. The van der Waals surface area contributed by atoms with Crippen molar-refractivity contribution in [2.45, 2.75) is 25.6 Å². The number of fused-ring (bicyclic) bond motifs is 1. The number of carbonyl (C=O) groups is 1. The summed E-state index contributed by atoms with van der Waals surface area (Å²) in [7, 11) is 0. The van der Waals surface area contributed by atoms with Gasteiger partial charge in [-0.15, -0.1) is 11.3 Å². The van der Waals surface area contributed by atoms with E-state index >= 15 is 0 Å². The molecule has 0 saturated heterocycles. The Kier molecular flexibility index (Phi) is 4.05. The molecule has 3 rings (SSSR count). The van der Waals surface area contributed by atoms with E-state index in [0.717, 1.165) is 24.1 Å². The van der Waals surface area contributed by atoms with Crippen LogP contribution in [-0.2, 0) is 24.3 Å². The average Bonchev–Trinajstić information content (AvgIpc) is 3.07. The van der Waals surface area contributed by atoms with Crippen LogP contribution in [0.5, 0.6) is 0 Å². The van der Waals surface area contributed by atoms with Gasteiger partial charge in [-0.3, -0.25) is 14.4 Å². The molecule has 0 spiro atoms. The van der Waals surface area contributed by atoms with Gasteiger partial charge in [0.1, 0.15) is 6.04 Å². The molecule has 0 fully saturated rings. The molecule has 0 aliphatic carbocycles. The van der Waals surface area contributed by atoms with Crippen LogP contribution in [0, 0.1) is 0 Å². The van der Waals surface area contributed by atoms with Crippen LogP contribution in [-0.4, -0.2) is 44.0 Å². The monoisotopic (exact) mass is 307 g/mol. The normalized spacial score (nSPS) is 18.6. The number of hydrogen-bond donors (Lipinski definition) is 2. The van der Waals surface area contributed by atoms with Gasteiger partial charge in [0, 0.05) is 29.7 Å². The molecule has 7 heteroatoms. The summed E-state index contributed by atoms with van der Waals surface area (Å²) in [6, 6.07) is 1.33. The molecular weight excluding hydrogens is 290 g/mol. The van der Waals surface area contributed by atoms with Gasteiger partial charge in [-0.2, -0.15) is 5.10 Å². The van der Waals surface area contributed by atoms with Gasteiger partial charge >= 0.3 is 5.97 Å². The van der Waals surface area contributed by atoms with E-state index in [1.165, 1.54) is 4.88 Å². The molecule has 112 valence electrons. The van der Waals surface area contributed by atoms with E-state index in [1.54, 1.807) is 22.2 Å².